The van der Waals surface area contributed by atoms with E-state index in [4.69, 9.17) is 20.7 Å². The van der Waals surface area contributed by atoms with Crippen LogP contribution in [0.4, 0.5) is 0 Å². The Kier molecular flexibility index (Phi) is 3.95. The fourth-order valence-electron chi connectivity index (χ4n) is 2.28. The van der Waals surface area contributed by atoms with Crippen molar-refractivity contribution in [3.63, 3.8) is 0 Å². The lowest BCUT2D eigenvalue weighted by Crippen LogP contribution is -2.49. The summed E-state index contributed by atoms with van der Waals surface area (Å²) in [5.74, 6) is 0. The smallest absolute Gasteiger partial charge is 0.331 e. The quantitative estimate of drug-likeness (QED) is 0.734. The van der Waals surface area contributed by atoms with Crippen molar-refractivity contribution in [2.45, 2.75) is 38.9 Å². The van der Waals surface area contributed by atoms with E-state index in [-0.39, 0.29) is 0 Å². The maximum atomic E-state index is 10.2. The summed E-state index contributed by atoms with van der Waals surface area (Å²) in [5.41, 5.74) is 0.580. The predicted octanol–water partition coefficient (Wildman–Crippen LogP) is 4.05. The Hall–Kier alpha value is -1.49. The van der Waals surface area contributed by atoms with Crippen LogP contribution in [0.3, 0.4) is 0 Å². The molecule has 1 heterocycles. The van der Waals surface area contributed by atoms with Crippen molar-refractivity contribution in [2.75, 3.05) is 0 Å². The summed E-state index contributed by atoms with van der Waals surface area (Å²) in [7, 11) is 1.67. The second-order valence-corrected chi connectivity index (χ2v) is 7.15. The third-order valence-corrected chi connectivity index (χ3v) is 4.76. The molecule has 0 fully saturated rings. The lowest BCUT2D eigenvalue weighted by molar-refractivity contribution is -0.0893. The Morgan fingerprint density at radius 1 is 1.09 bits per heavy atom. The molecule has 3 nitrogen and oxygen atoms in total. The molecule has 119 valence electrons. The molecule has 0 aliphatic carbocycles. The molecule has 3 aromatic rings. The van der Waals surface area contributed by atoms with Gasteiger partial charge in [0, 0.05) is 10.8 Å². The van der Waals surface area contributed by atoms with Gasteiger partial charge in [0.2, 0.25) is 0 Å². The lowest BCUT2D eigenvalue weighted by atomic mass is 9.80. The van der Waals surface area contributed by atoms with E-state index >= 15 is 0 Å². The summed E-state index contributed by atoms with van der Waals surface area (Å²) in [5, 5.41) is 12.7. The van der Waals surface area contributed by atoms with E-state index in [1.807, 2.05) is 44.2 Å². The third kappa shape index (κ3) is 2.87. The van der Waals surface area contributed by atoms with E-state index in [0.29, 0.717) is 10.6 Å². The molecule has 0 bridgehead atoms. The molecule has 3 rings (SSSR count). The molecule has 1 radical (unpaired) electrons. The molecule has 0 aliphatic rings. The minimum atomic E-state index is -0.979. The van der Waals surface area contributed by atoms with E-state index in [2.05, 4.69) is 0 Å². The van der Waals surface area contributed by atoms with E-state index < -0.39 is 11.2 Å². The topological polar surface area (TPSA) is 42.6 Å². The van der Waals surface area contributed by atoms with Gasteiger partial charge < -0.3 is 14.2 Å². The summed E-state index contributed by atoms with van der Waals surface area (Å²) < 4.78 is 11.8. The average molecular weight is 330 g/mol. The van der Waals surface area contributed by atoms with Crippen LogP contribution in [0, 0.1) is 0 Å². The van der Waals surface area contributed by atoms with Crippen LogP contribution in [0.15, 0.2) is 40.8 Å². The second-order valence-electron chi connectivity index (χ2n) is 6.74. The monoisotopic (exact) mass is 329 g/mol. The molecule has 0 atom stereocenters. The van der Waals surface area contributed by atoms with Gasteiger partial charge in [0.15, 0.2) is 5.58 Å². The molecule has 2 aromatic carbocycles. The van der Waals surface area contributed by atoms with Gasteiger partial charge in [-0.15, -0.1) is 0 Å². The fourth-order valence-corrected chi connectivity index (χ4v) is 2.47. The Morgan fingerprint density at radius 3 is 2.48 bits per heavy atom. The van der Waals surface area contributed by atoms with E-state index in [1.54, 1.807) is 27.4 Å². The van der Waals surface area contributed by atoms with Gasteiger partial charge in [-0.05, 0) is 45.3 Å². The summed E-state index contributed by atoms with van der Waals surface area (Å²) >= 11 is 6.27. The molecule has 0 aliphatic heterocycles. The highest BCUT2D eigenvalue weighted by atomic mass is 35.5. The molecule has 1 aromatic heterocycles. The Balaban J connectivity index is 2.07. The van der Waals surface area contributed by atoms with Gasteiger partial charge in [0.25, 0.3) is 0 Å². The van der Waals surface area contributed by atoms with Crippen LogP contribution >= 0.6 is 11.6 Å². The van der Waals surface area contributed by atoms with E-state index in [9.17, 15) is 5.11 Å². The zero-order valence-corrected chi connectivity index (χ0v) is 14.4. The minimum absolute atomic E-state index is 0.565. The molecule has 0 amide bonds. The highest BCUT2D eigenvalue weighted by Crippen LogP contribution is 2.32. The molecule has 0 unspecified atom stereocenters. The van der Waals surface area contributed by atoms with Gasteiger partial charge in [-0.1, -0.05) is 35.9 Å². The highest BCUT2D eigenvalue weighted by molar-refractivity contribution is 6.54. The lowest BCUT2D eigenvalue weighted by Gasteiger charge is -2.37. The largest absolute Gasteiger partial charge is 0.455 e. The number of benzene rings is 2. The zero-order valence-electron chi connectivity index (χ0n) is 13.7. The van der Waals surface area contributed by atoms with Crippen molar-refractivity contribution in [2.24, 2.45) is 0 Å². The highest BCUT2D eigenvalue weighted by Gasteiger charge is 2.36. The van der Waals surface area contributed by atoms with Gasteiger partial charge in [-0.2, -0.15) is 0 Å². The number of halogens is 1. The van der Waals surface area contributed by atoms with Crippen molar-refractivity contribution in [1.82, 2.24) is 0 Å². The number of fused-ring (bicyclic) bond motifs is 3. The first-order valence-corrected chi connectivity index (χ1v) is 7.92. The number of para-hydroxylation sites is 1. The second kappa shape index (κ2) is 5.55. The summed E-state index contributed by atoms with van der Waals surface area (Å²) in [6.07, 6.45) is 0. The predicted molar refractivity (Wildman–Crippen MR) is 95.6 cm³/mol. The zero-order chi connectivity index (χ0) is 16.8. The number of hydrogen-bond donors (Lipinski definition) is 1. The maximum absolute atomic E-state index is 10.2. The molecule has 0 saturated heterocycles. The van der Waals surface area contributed by atoms with Crippen molar-refractivity contribution < 1.29 is 14.2 Å². The SMILES string of the molecule is CC(C)(O)C(C)(C)O[B]c1ccc(Cl)c2oc3ccccc3c12. The van der Waals surface area contributed by atoms with Crippen LogP contribution in [0.5, 0.6) is 0 Å². The molecule has 5 heteroatoms. The normalized spacial score (nSPS) is 13.0. The van der Waals surface area contributed by atoms with Crippen LogP contribution in [-0.2, 0) is 4.65 Å². The number of hydrogen-bond acceptors (Lipinski definition) is 3. The third-order valence-electron chi connectivity index (χ3n) is 4.46. The first-order valence-electron chi connectivity index (χ1n) is 7.54. The first-order chi connectivity index (χ1) is 10.7. The van der Waals surface area contributed by atoms with Crippen LogP contribution in [0.25, 0.3) is 21.9 Å². The van der Waals surface area contributed by atoms with Crippen molar-refractivity contribution in [3.8, 4) is 0 Å². The minimum Gasteiger partial charge on any atom is -0.455 e. The summed E-state index contributed by atoms with van der Waals surface area (Å²) in [6.45, 7) is 7.16. The van der Waals surface area contributed by atoms with Gasteiger partial charge in [-0.3, -0.25) is 0 Å². The molecule has 1 N–H and O–H groups in total. The van der Waals surface area contributed by atoms with Crippen LogP contribution in [0.2, 0.25) is 5.02 Å². The van der Waals surface area contributed by atoms with Gasteiger partial charge >= 0.3 is 7.48 Å². The Bertz CT molecular complexity index is 862. The van der Waals surface area contributed by atoms with Gasteiger partial charge in [0.05, 0.1) is 16.2 Å². The van der Waals surface area contributed by atoms with Crippen molar-refractivity contribution in [1.29, 1.82) is 0 Å². The molecular weight excluding hydrogens is 310 g/mol. The van der Waals surface area contributed by atoms with Gasteiger partial charge in [0.1, 0.15) is 5.58 Å². The summed E-state index contributed by atoms with van der Waals surface area (Å²) in [6, 6.07) is 11.5. The van der Waals surface area contributed by atoms with Crippen molar-refractivity contribution in [3.05, 3.63) is 41.4 Å². The Morgan fingerprint density at radius 2 is 1.78 bits per heavy atom. The van der Waals surface area contributed by atoms with Gasteiger partial charge in [-0.25, -0.2) is 0 Å². The first kappa shape index (κ1) is 16.4. The van der Waals surface area contributed by atoms with Crippen molar-refractivity contribution >= 4 is 46.5 Å². The molecule has 23 heavy (non-hydrogen) atoms. The number of furan rings is 1. The standard InChI is InChI=1S/C18H19BClO3/c1-17(2,21)18(3,4)23-19-12-9-10-13(20)16-15(12)11-7-5-6-8-14(11)22-16/h5-10,21H,1-4H3. The average Bonchev–Trinajstić information content (AvgIpc) is 2.86. The van der Waals surface area contributed by atoms with E-state index in [1.165, 1.54) is 0 Å². The fraction of sp³-hybridized carbons (Fsp3) is 0.333. The van der Waals surface area contributed by atoms with E-state index in [0.717, 1.165) is 21.8 Å². The maximum Gasteiger partial charge on any atom is 0.331 e. The number of rotatable bonds is 4. The van der Waals surface area contributed by atoms with Crippen LogP contribution in [0.1, 0.15) is 27.7 Å². The molecule has 0 saturated carbocycles. The summed E-state index contributed by atoms with van der Waals surface area (Å²) in [4.78, 5) is 0. The molecule has 0 spiro atoms. The Labute approximate surface area is 141 Å². The molecular formula is C18H19BClO3. The van der Waals surface area contributed by atoms with Crippen LogP contribution < -0.4 is 5.46 Å². The van der Waals surface area contributed by atoms with Crippen LogP contribution in [-0.4, -0.2) is 23.8 Å². The number of aliphatic hydroxyl groups is 1.